The molecule has 0 aromatic heterocycles. The van der Waals surface area contributed by atoms with Gasteiger partial charge in [0.05, 0.1) is 0 Å². The van der Waals surface area contributed by atoms with Gasteiger partial charge in [0.2, 0.25) is 0 Å². The Labute approximate surface area is 116 Å². The van der Waals surface area contributed by atoms with Gasteiger partial charge < -0.3 is 10.6 Å². The summed E-state index contributed by atoms with van der Waals surface area (Å²) in [4.78, 5) is 12.1. The van der Waals surface area contributed by atoms with Gasteiger partial charge in [0.15, 0.2) is 0 Å². The van der Waals surface area contributed by atoms with E-state index in [0.29, 0.717) is 5.57 Å². The van der Waals surface area contributed by atoms with Crippen LogP contribution in [0.4, 0.5) is 0 Å². The quantitative estimate of drug-likeness (QED) is 0.604. The molecule has 19 heavy (non-hydrogen) atoms. The molecule has 0 spiro atoms. The standard InChI is InChI=1S/C16H26N2O/c1-7-9-12(8-2)14(19)17-13-10-15(3,4)18-16(5,6)11-13/h7-9,13,18H,1-2,10-11H2,3-6H3,(H,17,19). The molecule has 0 aromatic rings. The number of rotatable bonds is 4. The minimum atomic E-state index is -0.0756. The van der Waals surface area contributed by atoms with Gasteiger partial charge in [0.25, 0.3) is 5.91 Å². The highest BCUT2D eigenvalue weighted by molar-refractivity contribution is 5.96. The number of hydrogen-bond donors (Lipinski definition) is 2. The molecule has 0 saturated carbocycles. The molecule has 0 radical (unpaired) electrons. The third kappa shape index (κ3) is 4.67. The number of hydrogen-bond acceptors (Lipinski definition) is 2. The van der Waals surface area contributed by atoms with Crippen molar-refractivity contribution in [1.29, 1.82) is 0 Å². The molecule has 0 aliphatic carbocycles. The lowest BCUT2D eigenvalue weighted by molar-refractivity contribution is -0.118. The molecular weight excluding hydrogens is 236 g/mol. The minimum absolute atomic E-state index is 0.0240. The van der Waals surface area contributed by atoms with E-state index in [1.807, 2.05) is 0 Å². The highest BCUT2D eigenvalue weighted by Crippen LogP contribution is 2.28. The molecule has 2 N–H and O–H groups in total. The summed E-state index contributed by atoms with van der Waals surface area (Å²) in [6.45, 7) is 15.9. The lowest BCUT2D eigenvalue weighted by Gasteiger charge is -2.46. The number of nitrogens with one attached hydrogen (secondary N) is 2. The summed E-state index contributed by atoms with van der Waals surface area (Å²) in [5.41, 5.74) is 0.607. The van der Waals surface area contributed by atoms with Crippen molar-refractivity contribution in [3.8, 4) is 0 Å². The molecular formula is C16H26N2O. The van der Waals surface area contributed by atoms with Crippen LogP contribution in [0.3, 0.4) is 0 Å². The zero-order valence-electron chi connectivity index (χ0n) is 12.5. The molecule has 1 aliphatic rings. The Kier molecular flexibility index (Phi) is 4.75. The highest BCUT2D eigenvalue weighted by Gasteiger charge is 2.38. The molecule has 1 saturated heterocycles. The molecule has 1 fully saturated rings. The van der Waals surface area contributed by atoms with Crippen molar-refractivity contribution in [3.63, 3.8) is 0 Å². The van der Waals surface area contributed by atoms with E-state index in [1.54, 1.807) is 18.2 Å². The monoisotopic (exact) mass is 262 g/mol. The first-order chi connectivity index (χ1) is 8.69. The maximum atomic E-state index is 12.1. The Morgan fingerprint density at radius 3 is 2.16 bits per heavy atom. The highest BCUT2D eigenvalue weighted by atomic mass is 16.1. The van der Waals surface area contributed by atoms with Crippen molar-refractivity contribution in [3.05, 3.63) is 37.0 Å². The van der Waals surface area contributed by atoms with Crippen LogP contribution in [-0.2, 0) is 4.79 Å². The van der Waals surface area contributed by atoms with Crippen LogP contribution >= 0.6 is 0 Å². The van der Waals surface area contributed by atoms with E-state index >= 15 is 0 Å². The first kappa shape index (κ1) is 15.7. The van der Waals surface area contributed by atoms with Crippen LogP contribution in [0.5, 0.6) is 0 Å². The molecule has 1 heterocycles. The molecule has 3 heteroatoms. The van der Waals surface area contributed by atoms with Gasteiger partial charge in [0.1, 0.15) is 0 Å². The van der Waals surface area contributed by atoms with Crippen molar-refractivity contribution in [2.45, 2.75) is 57.7 Å². The van der Waals surface area contributed by atoms with Gasteiger partial charge in [-0.25, -0.2) is 0 Å². The zero-order valence-corrected chi connectivity index (χ0v) is 12.5. The number of carbonyl (C=O) groups excluding carboxylic acids is 1. The zero-order chi connectivity index (χ0) is 14.7. The molecule has 106 valence electrons. The van der Waals surface area contributed by atoms with E-state index in [0.717, 1.165) is 12.8 Å². The summed E-state index contributed by atoms with van der Waals surface area (Å²) < 4.78 is 0. The summed E-state index contributed by atoms with van der Waals surface area (Å²) in [6, 6.07) is 0.173. The van der Waals surface area contributed by atoms with Crippen molar-refractivity contribution in [2.75, 3.05) is 0 Å². The van der Waals surface area contributed by atoms with E-state index in [2.05, 4.69) is 51.5 Å². The maximum absolute atomic E-state index is 12.1. The van der Waals surface area contributed by atoms with Gasteiger partial charge >= 0.3 is 0 Å². The summed E-state index contributed by atoms with van der Waals surface area (Å²) in [6.07, 6.45) is 6.68. The van der Waals surface area contributed by atoms with Crippen LogP contribution < -0.4 is 10.6 Å². The third-order valence-electron chi connectivity index (χ3n) is 3.30. The number of amides is 1. The second-order valence-corrected chi connectivity index (χ2v) is 6.53. The Bertz CT molecular complexity index is 389. The van der Waals surface area contributed by atoms with Crippen molar-refractivity contribution < 1.29 is 4.79 Å². The number of carbonyl (C=O) groups is 1. The van der Waals surface area contributed by atoms with Gasteiger partial charge in [-0.1, -0.05) is 31.4 Å². The van der Waals surface area contributed by atoms with Gasteiger partial charge in [-0.3, -0.25) is 4.79 Å². The molecule has 0 aromatic carbocycles. The van der Waals surface area contributed by atoms with E-state index in [1.165, 1.54) is 0 Å². The number of piperidine rings is 1. The molecule has 1 aliphatic heterocycles. The normalized spacial score (nSPS) is 22.6. The third-order valence-corrected chi connectivity index (χ3v) is 3.30. The summed E-state index contributed by atoms with van der Waals surface area (Å²) in [5, 5.41) is 6.70. The lowest BCUT2D eigenvalue weighted by Crippen LogP contribution is -2.62. The number of allylic oxidation sites excluding steroid dienone is 2. The van der Waals surface area contributed by atoms with Crippen LogP contribution in [-0.4, -0.2) is 23.0 Å². The second kappa shape index (κ2) is 5.74. The minimum Gasteiger partial charge on any atom is -0.349 e. The van der Waals surface area contributed by atoms with E-state index in [4.69, 9.17) is 0 Å². The van der Waals surface area contributed by atoms with E-state index in [-0.39, 0.29) is 23.0 Å². The summed E-state index contributed by atoms with van der Waals surface area (Å²) >= 11 is 0. The molecule has 3 nitrogen and oxygen atoms in total. The van der Waals surface area contributed by atoms with Crippen LogP contribution in [0.2, 0.25) is 0 Å². The van der Waals surface area contributed by atoms with E-state index in [9.17, 15) is 4.79 Å². The Morgan fingerprint density at radius 2 is 1.74 bits per heavy atom. The molecule has 0 atom stereocenters. The smallest absolute Gasteiger partial charge is 0.251 e. The fraction of sp³-hybridized carbons (Fsp3) is 0.562. The fourth-order valence-corrected chi connectivity index (χ4v) is 3.06. The van der Waals surface area contributed by atoms with Gasteiger partial charge in [-0.15, -0.1) is 0 Å². The topological polar surface area (TPSA) is 41.1 Å². The Morgan fingerprint density at radius 1 is 1.21 bits per heavy atom. The van der Waals surface area contributed by atoms with Crippen LogP contribution in [0.25, 0.3) is 0 Å². The first-order valence-electron chi connectivity index (χ1n) is 6.74. The molecule has 0 bridgehead atoms. The van der Waals surface area contributed by atoms with Gasteiger partial charge in [-0.05, 0) is 40.5 Å². The first-order valence-corrected chi connectivity index (χ1v) is 6.74. The predicted octanol–water partition coefficient (Wildman–Crippen LogP) is 2.71. The van der Waals surface area contributed by atoms with Crippen LogP contribution in [0.1, 0.15) is 40.5 Å². The summed E-state index contributed by atoms with van der Waals surface area (Å²) in [5.74, 6) is -0.0756. The van der Waals surface area contributed by atoms with Crippen molar-refractivity contribution in [1.82, 2.24) is 10.6 Å². The average molecular weight is 262 g/mol. The maximum Gasteiger partial charge on any atom is 0.251 e. The lowest BCUT2D eigenvalue weighted by atomic mass is 9.79. The molecule has 1 amide bonds. The molecule has 0 unspecified atom stereocenters. The van der Waals surface area contributed by atoms with E-state index < -0.39 is 0 Å². The predicted molar refractivity (Wildman–Crippen MR) is 80.9 cm³/mol. The Hall–Kier alpha value is -1.35. The van der Waals surface area contributed by atoms with Crippen LogP contribution in [0.15, 0.2) is 37.0 Å². The molecule has 1 rings (SSSR count). The van der Waals surface area contributed by atoms with Gasteiger partial charge in [0, 0.05) is 22.7 Å². The fourth-order valence-electron chi connectivity index (χ4n) is 3.06. The largest absolute Gasteiger partial charge is 0.349 e. The second-order valence-electron chi connectivity index (χ2n) is 6.53. The van der Waals surface area contributed by atoms with Gasteiger partial charge in [-0.2, -0.15) is 0 Å². The SMILES string of the molecule is C=CC=C(C=C)C(=O)NC1CC(C)(C)NC(C)(C)C1. The summed E-state index contributed by atoms with van der Waals surface area (Å²) in [7, 11) is 0. The van der Waals surface area contributed by atoms with Crippen LogP contribution in [0, 0.1) is 0 Å². The van der Waals surface area contributed by atoms with Crippen molar-refractivity contribution in [2.24, 2.45) is 0 Å². The average Bonchev–Trinajstić information content (AvgIpc) is 2.20. The Balaban J connectivity index is 2.76. The van der Waals surface area contributed by atoms with Crippen molar-refractivity contribution >= 4 is 5.91 Å².